The third-order valence-corrected chi connectivity index (χ3v) is 2.71. The summed E-state index contributed by atoms with van der Waals surface area (Å²) in [5.41, 5.74) is 0.718. The van der Waals surface area contributed by atoms with Crippen LogP contribution in [0.3, 0.4) is 0 Å². The van der Waals surface area contributed by atoms with Gasteiger partial charge in [0.1, 0.15) is 0 Å². The first kappa shape index (κ1) is 13.4. The lowest BCUT2D eigenvalue weighted by Gasteiger charge is -1.98. The minimum Gasteiger partial charge on any atom is -0.258 e. The van der Waals surface area contributed by atoms with Crippen molar-refractivity contribution in [2.24, 2.45) is 0 Å². The molecule has 0 bridgehead atoms. The maximum atomic E-state index is 10.9. The summed E-state index contributed by atoms with van der Waals surface area (Å²) in [5, 5.41) is 21.7. The molecule has 6 nitrogen and oxygen atoms in total. The van der Waals surface area contributed by atoms with E-state index >= 15 is 0 Å². The number of nitro groups is 2. The van der Waals surface area contributed by atoms with Crippen LogP contribution in [0.5, 0.6) is 0 Å². The van der Waals surface area contributed by atoms with Gasteiger partial charge in [0.2, 0.25) is 0 Å². The van der Waals surface area contributed by atoms with E-state index in [2.05, 4.69) is 0 Å². The van der Waals surface area contributed by atoms with E-state index in [0.717, 1.165) is 0 Å². The topological polar surface area (TPSA) is 86.3 Å². The Balaban J connectivity index is 2.40. The molecular formula is C14H10N2O4. The molecule has 0 saturated carbocycles. The van der Waals surface area contributed by atoms with Crippen LogP contribution in [0, 0.1) is 20.2 Å². The number of para-hydroxylation sites is 2. The van der Waals surface area contributed by atoms with Gasteiger partial charge in [0.15, 0.2) is 0 Å². The van der Waals surface area contributed by atoms with Gasteiger partial charge in [-0.05, 0) is 24.3 Å². The Bertz CT molecular complexity index is 636. The third kappa shape index (κ3) is 2.86. The second kappa shape index (κ2) is 5.75. The van der Waals surface area contributed by atoms with Crippen molar-refractivity contribution in [2.45, 2.75) is 0 Å². The average Bonchev–Trinajstić information content (AvgIpc) is 2.45. The van der Waals surface area contributed by atoms with Crippen LogP contribution in [0.4, 0.5) is 11.4 Å². The van der Waals surface area contributed by atoms with E-state index in [0.29, 0.717) is 11.1 Å². The molecule has 0 unspecified atom stereocenters. The van der Waals surface area contributed by atoms with Gasteiger partial charge in [-0.15, -0.1) is 0 Å². The van der Waals surface area contributed by atoms with E-state index in [4.69, 9.17) is 0 Å². The van der Waals surface area contributed by atoms with Gasteiger partial charge in [0.05, 0.1) is 21.0 Å². The Hall–Kier alpha value is -3.02. The molecule has 2 aromatic rings. The molecular weight excluding hydrogens is 260 g/mol. The first-order valence-corrected chi connectivity index (χ1v) is 5.74. The van der Waals surface area contributed by atoms with Crippen LogP contribution in [-0.4, -0.2) is 9.85 Å². The Morgan fingerprint density at radius 3 is 1.40 bits per heavy atom. The lowest BCUT2D eigenvalue weighted by Crippen LogP contribution is -1.91. The fourth-order valence-corrected chi connectivity index (χ4v) is 1.77. The lowest BCUT2D eigenvalue weighted by molar-refractivity contribution is -0.385. The average molecular weight is 270 g/mol. The summed E-state index contributed by atoms with van der Waals surface area (Å²) in [6, 6.07) is 12.4. The summed E-state index contributed by atoms with van der Waals surface area (Å²) >= 11 is 0. The van der Waals surface area contributed by atoms with E-state index in [1.807, 2.05) is 0 Å². The minimum absolute atomic E-state index is 0.0395. The van der Waals surface area contributed by atoms with Gasteiger partial charge in [0.25, 0.3) is 11.4 Å². The van der Waals surface area contributed by atoms with E-state index in [-0.39, 0.29) is 11.4 Å². The Kier molecular flexibility index (Phi) is 3.85. The van der Waals surface area contributed by atoms with Crippen LogP contribution in [0.15, 0.2) is 48.5 Å². The first-order chi connectivity index (χ1) is 9.59. The van der Waals surface area contributed by atoms with Crippen molar-refractivity contribution in [1.82, 2.24) is 0 Å². The molecule has 6 heteroatoms. The fourth-order valence-electron chi connectivity index (χ4n) is 1.77. The number of nitro benzene ring substituents is 2. The van der Waals surface area contributed by atoms with Gasteiger partial charge in [0, 0.05) is 12.1 Å². The summed E-state index contributed by atoms with van der Waals surface area (Å²) < 4.78 is 0. The zero-order valence-corrected chi connectivity index (χ0v) is 10.3. The molecule has 0 fully saturated rings. The summed E-state index contributed by atoms with van der Waals surface area (Å²) in [6.45, 7) is 0. The second-order valence-corrected chi connectivity index (χ2v) is 3.97. The lowest BCUT2D eigenvalue weighted by atomic mass is 10.1. The molecule has 2 rings (SSSR count). The molecule has 20 heavy (non-hydrogen) atoms. The van der Waals surface area contributed by atoms with Crippen LogP contribution >= 0.6 is 0 Å². The number of rotatable bonds is 4. The summed E-state index contributed by atoms with van der Waals surface area (Å²) in [7, 11) is 0. The second-order valence-electron chi connectivity index (χ2n) is 3.97. The molecule has 100 valence electrons. The predicted octanol–water partition coefficient (Wildman–Crippen LogP) is 3.67. The van der Waals surface area contributed by atoms with Crippen molar-refractivity contribution in [3.8, 4) is 0 Å². The molecule has 0 aliphatic heterocycles. The van der Waals surface area contributed by atoms with Crippen LogP contribution in [0.2, 0.25) is 0 Å². The van der Waals surface area contributed by atoms with Crippen molar-refractivity contribution in [2.75, 3.05) is 0 Å². The highest BCUT2D eigenvalue weighted by Gasteiger charge is 2.12. The van der Waals surface area contributed by atoms with E-state index < -0.39 is 9.85 Å². The normalized spacial score (nSPS) is 10.6. The number of benzene rings is 2. The molecule has 0 radical (unpaired) electrons. The van der Waals surface area contributed by atoms with Gasteiger partial charge >= 0.3 is 0 Å². The Labute approximate surface area is 114 Å². The monoisotopic (exact) mass is 270 g/mol. The Morgan fingerprint density at radius 1 is 0.700 bits per heavy atom. The number of hydrogen-bond acceptors (Lipinski definition) is 4. The summed E-state index contributed by atoms with van der Waals surface area (Å²) in [5.74, 6) is 0. The molecule has 0 spiro atoms. The van der Waals surface area contributed by atoms with Crippen LogP contribution in [0.1, 0.15) is 11.1 Å². The van der Waals surface area contributed by atoms with Gasteiger partial charge in [-0.3, -0.25) is 20.2 Å². The maximum absolute atomic E-state index is 10.9. The zero-order valence-electron chi connectivity index (χ0n) is 10.3. The van der Waals surface area contributed by atoms with Gasteiger partial charge < -0.3 is 0 Å². The standard InChI is InChI=1S/C14H10N2O4/c17-15(18)13-7-3-1-5-11(13)9-10-12-6-2-4-8-14(12)16(19)20/h1-10H/b10-9-. The van der Waals surface area contributed by atoms with E-state index in [1.54, 1.807) is 36.4 Å². The van der Waals surface area contributed by atoms with E-state index in [1.165, 1.54) is 24.3 Å². The fraction of sp³-hybridized carbons (Fsp3) is 0. The SMILES string of the molecule is O=[N+]([O-])c1ccccc1/C=C\c1ccccc1[N+](=O)[O-]. The molecule has 0 amide bonds. The smallest absolute Gasteiger partial charge is 0.258 e. The summed E-state index contributed by atoms with van der Waals surface area (Å²) in [4.78, 5) is 20.8. The van der Waals surface area contributed by atoms with Gasteiger partial charge in [-0.1, -0.05) is 24.3 Å². The van der Waals surface area contributed by atoms with Crippen LogP contribution in [-0.2, 0) is 0 Å². The van der Waals surface area contributed by atoms with Gasteiger partial charge in [-0.25, -0.2) is 0 Å². The van der Waals surface area contributed by atoms with E-state index in [9.17, 15) is 20.2 Å². The van der Waals surface area contributed by atoms with Crippen molar-refractivity contribution in [3.05, 3.63) is 79.9 Å². The quantitative estimate of drug-likeness (QED) is 0.481. The molecule has 0 heterocycles. The van der Waals surface area contributed by atoms with Crippen molar-refractivity contribution in [3.63, 3.8) is 0 Å². The highest BCUT2D eigenvalue weighted by atomic mass is 16.6. The van der Waals surface area contributed by atoms with Gasteiger partial charge in [-0.2, -0.15) is 0 Å². The van der Waals surface area contributed by atoms with Crippen molar-refractivity contribution >= 4 is 23.5 Å². The molecule has 2 aromatic carbocycles. The highest BCUT2D eigenvalue weighted by molar-refractivity contribution is 5.77. The minimum atomic E-state index is -0.487. The van der Waals surface area contributed by atoms with Crippen molar-refractivity contribution in [1.29, 1.82) is 0 Å². The number of hydrogen-bond donors (Lipinski definition) is 0. The van der Waals surface area contributed by atoms with Crippen LogP contribution < -0.4 is 0 Å². The molecule has 0 atom stereocenters. The zero-order chi connectivity index (χ0) is 14.5. The first-order valence-electron chi connectivity index (χ1n) is 5.74. The molecule has 0 aliphatic rings. The Morgan fingerprint density at radius 2 is 1.05 bits per heavy atom. The molecule has 0 N–H and O–H groups in total. The number of nitrogens with zero attached hydrogens (tertiary/aromatic N) is 2. The molecule has 0 aromatic heterocycles. The molecule has 0 aliphatic carbocycles. The van der Waals surface area contributed by atoms with Crippen LogP contribution in [0.25, 0.3) is 12.2 Å². The molecule has 0 saturated heterocycles. The predicted molar refractivity (Wildman–Crippen MR) is 75.1 cm³/mol. The third-order valence-electron chi connectivity index (χ3n) is 2.71. The maximum Gasteiger partial charge on any atom is 0.276 e. The highest BCUT2D eigenvalue weighted by Crippen LogP contribution is 2.23. The largest absolute Gasteiger partial charge is 0.276 e. The summed E-state index contributed by atoms with van der Waals surface area (Å²) in [6.07, 6.45) is 3.00. The van der Waals surface area contributed by atoms with Crippen molar-refractivity contribution < 1.29 is 9.85 Å².